The molecule has 0 spiro atoms. The van der Waals surface area contributed by atoms with Gasteiger partial charge in [-0.25, -0.2) is 28.1 Å². The number of nitrogens with one attached hydrogen (secondary N) is 2. The van der Waals surface area contributed by atoms with Crippen LogP contribution in [0.25, 0.3) is 0 Å². The van der Waals surface area contributed by atoms with Crippen LogP contribution in [0.5, 0.6) is 0 Å². The third-order valence-electron chi connectivity index (χ3n) is 5.59. The predicted molar refractivity (Wildman–Crippen MR) is 146 cm³/mol. The molecule has 0 bridgehead atoms. The van der Waals surface area contributed by atoms with Gasteiger partial charge in [-0.05, 0) is 53.3 Å². The number of ether oxygens (including phenoxy) is 3. The van der Waals surface area contributed by atoms with Gasteiger partial charge in [0.25, 0.3) is 6.43 Å². The van der Waals surface area contributed by atoms with E-state index >= 15 is 4.39 Å². The van der Waals surface area contributed by atoms with Gasteiger partial charge in [0.1, 0.15) is 24.0 Å². The van der Waals surface area contributed by atoms with Crippen LogP contribution in [0.4, 0.5) is 19.0 Å². The first-order valence-electron chi connectivity index (χ1n) is 12.4. The average molecular weight is 652 g/mol. The van der Waals surface area contributed by atoms with Crippen LogP contribution in [0.2, 0.25) is 5.02 Å². The number of aromatic nitrogens is 2. The van der Waals surface area contributed by atoms with Gasteiger partial charge < -0.3 is 29.6 Å². The van der Waals surface area contributed by atoms with E-state index in [1.165, 1.54) is 13.8 Å². The molecule has 5 N–H and O–H groups in total. The molecule has 19 heteroatoms. The molecule has 0 aliphatic carbocycles. The second-order valence-corrected chi connectivity index (χ2v) is 13.6. The fourth-order valence-corrected chi connectivity index (χ4v) is 6.68. The van der Waals surface area contributed by atoms with Crippen molar-refractivity contribution in [3.8, 4) is 0 Å². The zero-order valence-corrected chi connectivity index (χ0v) is 25.5. The maximum Gasteiger partial charge on any atom is 0.351 e. The van der Waals surface area contributed by atoms with Crippen molar-refractivity contribution in [3.05, 3.63) is 21.7 Å². The summed E-state index contributed by atoms with van der Waals surface area (Å²) in [7, 11) is 0. The summed E-state index contributed by atoms with van der Waals surface area (Å²) in [6.07, 6.45) is -10.9. The summed E-state index contributed by atoms with van der Waals surface area (Å²) in [5.74, 6) is -1.93. The maximum atomic E-state index is 15.4. The molecular weight excluding hydrogens is 618 g/mol. The Bertz CT molecular complexity index is 1180. The highest BCUT2D eigenvalue weighted by molar-refractivity contribution is 8.10. The van der Waals surface area contributed by atoms with Gasteiger partial charge >= 0.3 is 17.6 Å². The molecule has 6 atom stereocenters. The first-order chi connectivity index (χ1) is 18.8. The van der Waals surface area contributed by atoms with E-state index in [4.69, 9.17) is 47.9 Å². The summed E-state index contributed by atoms with van der Waals surface area (Å²) < 4.78 is 66.0. The van der Waals surface area contributed by atoms with E-state index in [-0.39, 0.29) is 10.8 Å². The summed E-state index contributed by atoms with van der Waals surface area (Å²) in [4.78, 5) is 40.6. The molecule has 6 unspecified atom stereocenters. The highest BCUT2D eigenvalue weighted by atomic mass is 35.5. The number of alkyl halides is 3. The minimum atomic E-state index is -3.87. The lowest BCUT2D eigenvalue weighted by Gasteiger charge is -2.35. The van der Waals surface area contributed by atoms with E-state index in [9.17, 15) is 28.3 Å². The molecular formula is C22H34ClF3N5O8PS. The molecule has 1 aromatic heterocycles. The van der Waals surface area contributed by atoms with Crippen molar-refractivity contribution in [2.24, 2.45) is 0 Å². The summed E-state index contributed by atoms with van der Waals surface area (Å²) in [5.41, 5.74) is 1.15. The van der Waals surface area contributed by atoms with Crippen LogP contribution in [-0.2, 0) is 40.1 Å². The number of carbonyl (C=O) groups excluding carboxylic acids is 2. The Morgan fingerprint density at radius 1 is 1.20 bits per heavy atom. The molecule has 0 saturated carbocycles. The van der Waals surface area contributed by atoms with Gasteiger partial charge in [0.15, 0.2) is 24.6 Å². The number of rotatable bonds is 13. The molecule has 13 nitrogen and oxygen atoms in total. The summed E-state index contributed by atoms with van der Waals surface area (Å²) >= 11 is 11.4. The van der Waals surface area contributed by atoms with E-state index in [0.29, 0.717) is 4.57 Å². The van der Waals surface area contributed by atoms with Crippen LogP contribution in [0.3, 0.4) is 0 Å². The van der Waals surface area contributed by atoms with Gasteiger partial charge in [0.05, 0.1) is 23.8 Å². The normalized spacial score (nSPS) is 25.8. The molecule has 1 aliphatic heterocycles. The number of esters is 2. The SMILES string of the molecule is CC(C)OC(=O)C(C)NP(=S)(NC(C)C(=O)OC(C)C)OCC1(C(F)F)OC(n2cc(Cl)c(N)nc2=O)C(O)C1F. The Morgan fingerprint density at radius 3 is 2.12 bits per heavy atom. The minimum absolute atomic E-state index is 0.282. The molecule has 234 valence electrons. The molecule has 2 rings (SSSR count). The summed E-state index contributed by atoms with van der Waals surface area (Å²) in [6.45, 7) is 3.94. The van der Waals surface area contributed by atoms with Crippen LogP contribution >= 0.6 is 18.2 Å². The Hall–Kier alpha value is -1.85. The lowest BCUT2D eigenvalue weighted by Crippen LogP contribution is -2.52. The van der Waals surface area contributed by atoms with Crippen molar-refractivity contribution in [2.45, 2.75) is 96.4 Å². The first-order valence-corrected chi connectivity index (χ1v) is 15.5. The third kappa shape index (κ3) is 8.60. The van der Waals surface area contributed by atoms with Crippen molar-refractivity contribution in [1.29, 1.82) is 0 Å². The number of hydrogen-bond donors (Lipinski definition) is 4. The zero-order chi connectivity index (χ0) is 31.4. The van der Waals surface area contributed by atoms with Gasteiger partial charge in [-0.2, -0.15) is 4.98 Å². The number of carbonyl (C=O) groups is 2. The Kier molecular flexibility index (Phi) is 12.1. The van der Waals surface area contributed by atoms with Crippen LogP contribution < -0.4 is 21.6 Å². The second kappa shape index (κ2) is 14.1. The fourth-order valence-electron chi connectivity index (χ4n) is 3.59. The van der Waals surface area contributed by atoms with E-state index in [0.717, 1.165) is 6.20 Å². The lowest BCUT2D eigenvalue weighted by atomic mass is 9.98. The maximum absolute atomic E-state index is 15.4. The number of nitrogens with zero attached hydrogens (tertiary/aromatic N) is 2. The number of aliphatic hydroxyl groups is 1. The average Bonchev–Trinajstić information content (AvgIpc) is 3.10. The topological polar surface area (TPSA) is 176 Å². The van der Waals surface area contributed by atoms with Gasteiger partial charge in [-0.3, -0.25) is 14.2 Å². The molecule has 1 aromatic rings. The van der Waals surface area contributed by atoms with Crippen LogP contribution in [0.1, 0.15) is 47.8 Å². The monoisotopic (exact) mass is 651 g/mol. The Balaban J connectivity index is 2.41. The minimum Gasteiger partial charge on any atom is -0.462 e. The number of hydrogen-bond acceptors (Lipinski definition) is 11. The second-order valence-electron chi connectivity index (χ2n) is 9.82. The molecule has 1 fully saturated rings. The molecule has 41 heavy (non-hydrogen) atoms. The van der Waals surface area contributed by atoms with Crippen LogP contribution in [0.15, 0.2) is 11.0 Å². The molecule has 1 aliphatic rings. The van der Waals surface area contributed by atoms with Gasteiger partial charge in [-0.15, -0.1) is 0 Å². The largest absolute Gasteiger partial charge is 0.462 e. The number of halogens is 4. The van der Waals surface area contributed by atoms with Crippen molar-refractivity contribution >= 4 is 47.7 Å². The lowest BCUT2D eigenvalue weighted by molar-refractivity contribution is -0.182. The Labute approximate surface area is 244 Å². The highest BCUT2D eigenvalue weighted by Crippen LogP contribution is 2.47. The number of anilines is 1. The van der Waals surface area contributed by atoms with E-state index in [1.54, 1.807) is 27.7 Å². The molecule has 0 radical (unpaired) electrons. The quantitative estimate of drug-likeness (QED) is 0.180. The van der Waals surface area contributed by atoms with Crippen LogP contribution in [-0.4, -0.2) is 81.8 Å². The molecule has 0 aromatic carbocycles. The zero-order valence-electron chi connectivity index (χ0n) is 23.0. The van der Waals surface area contributed by atoms with Crippen LogP contribution in [0, 0.1) is 0 Å². The molecule has 1 saturated heterocycles. The highest BCUT2D eigenvalue weighted by Gasteiger charge is 2.62. The molecule has 2 heterocycles. The summed E-state index contributed by atoms with van der Waals surface area (Å²) in [6, 6.07) is -2.34. The van der Waals surface area contributed by atoms with Gasteiger partial charge in [0.2, 0.25) is 0 Å². The predicted octanol–water partition coefficient (Wildman–Crippen LogP) is 1.81. The third-order valence-corrected chi connectivity index (χ3v) is 8.77. The van der Waals surface area contributed by atoms with E-state index in [1.807, 2.05) is 0 Å². The van der Waals surface area contributed by atoms with Gasteiger partial charge in [0, 0.05) is 6.20 Å². The summed E-state index contributed by atoms with van der Waals surface area (Å²) in [5, 5.41) is 15.5. The standard InChI is InChI=1S/C22H34ClF3N5O8PS/c1-9(2)37-18(33)11(5)29-40(41,30-12(6)19(34)38-10(3)4)36-8-22(20(25)26)15(24)14(32)17(39-22)31-7-13(23)16(27)28-21(31)35/h7,9-12,14-15,17,20,32H,8H2,1-6H3,(H2,27,28,35)(H2,29,30,41). The fraction of sp³-hybridized carbons (Fsp3) is 0.727. The Morgan fingerprint density at radius 2 is 1.68 bits per heavy atom. The van der Waals surface area contributed by atoms with E-state index in [2.05, 4.69) is 15.2 Å². The van der Waals surface area contributed by atoms with Crippen molar-refractivity contribution in [1.82, 2.24) is 19.7 Å². The van der Waals surface area contributed by atoms with Gasteiger partial charge in [-0.1, -0.05) is 11.6 Å². The first kappa shape index (κ1) is 35.3. The van der Waals surface area contributed by atoms with Crippen molar-refractivity contribution < 1.29 is 46.6 Å². The van der Waals surface area contributed by atoms with Crippen molar-refractivity contribution in [2.75, 3.05) is 12.3 Å². The number of nitrogens with two attached hydrogens (primary N) is 1. The molecule has 0 amide bonds. The van der Waals surface area contributed by atoms with E-state index < -0.39 is 85.6 Å². The smallest absolute Gasteiger partial charge is 0.351 e. The number of nitrogen functional groups attached to an aromatic ring is 1. The van der Waals surface area contributed by atoms with Crippen molar-refractivity contribution in [3.63, 3.8) is 0 Å². The number of aliphatic hydroxyl groups excluding tert-OH is 1.